The molecule has 1 unspecified atom stereocenters. The lowest BCUT2D eigenvalue weighted by Gasteiger charge is -2.24. The first kappa shape index (κ1) is 30.8. The Morgan fingerprint density at radius 2 is 1.76 bits per heavy atom. The minimum Gasteiger partial charge on any atom is -0.495 e. The van der Waals surface area contributed by atoms with Crippen molar-refractivity contribution >= 4 is 17.7 Å². The van der Waals surface area contributed by atoms with E-state index in [0.717, 1.165) is 12.5 Å². The second kappa shape index (κ2) is 15.8. The number of benzene rings is 2. The number of anilines is 1. The van der Waals surface area contributed by atoms with Crippen LogP contribution in [0.2, 0.25) is 0 Å². The van der Waals surface area contributed by atoms with E-state index in [1.54, 1.807) is 60.4 Å². The van der Waals surface area contributed by atoms with Gasteiger partial charge in [-0.1, -0.05) is 30.7 Å². The third-order valence-corrected chi connectivity index (χ3v) is 5.80. The summed E-state index contributed by atoms with van der Waals surface area (Å²) in [5.74, 6) is -2.60. The Morgan fingerprint density at radius 1 is 1.05 bits per heavy atom. The van der Waals surface area contributed by atoms with Gasteiger partial charge in [-0.2, -0.15) is 0 Å². The number of ether oxygens (including phenoxy) is 3. The minimum atomic E-state index is -2.69. The molecule has 0 aliphatic heterocycles. The van der Waals surface area contributed by atoms with Crippen LogP contribution in [0.4, 0.5) is 19.3 Å². The molecule has 10 heteroatoms. The zero-order chi connectivity index (χ0) is 28.0. The van der Waals surface area contributed by atoms with Crippen molar-refractivity contribution in [3.63, 3.8) is 0 Å². The largest absolute Gasteiger partial charge is 0.495 e. The summed E-state index contributed by atoms with van der Waals surface area (Å²) in [5.41, 5.74) is 1.33. The van der Waals surface area contributed by atoms with Gasteiger partial charge in [0.25, 0.3) is 0 Å². The fourth-order valence-corrected chi connectivity index (χ4v) is 3.80. The van der Waals surface area contributed by atoms with E-state index in [9.17, 15) is 23.5 Å². The molecule has 0 aliphatic carbocycles. The Labute approximate surface area is 222 Å². The Hall–Kier alpha value is -3.40. The van der Waals surface area contributed by atoms with Gasteiger partial charge in [0.05, 0.1) is 19.3 Å². The third kappa shape index (κ3) is 11.3. The van der Waals surface area contributed by atoms with Gasteiger partial charge in [-0.25, -0.2) is 18.4 Å². The van der Waals surface area contributed by atoms with E-state index in [1.807, 2.05) is 0 Å². The van der Waals surface area contributed by atoms with Crippen LogP contribution >= 0.6 is 0 Å². The Kier molecular flexibility index (Phi) is 12.8. The quantitative estimate of drug-likeness (QED) is 0.246. The summed E-state index contributed by atoms with van der Waals surface area (Å²) in [6.45, 7) is 3.83. The van der Waals surface area contributed by atoms with Crippen molar-refractivity contribution in [2.75, 3.05) is 38.7 Å². The average molecular weight is 537 g/mol. The molecular weight excluding hydrogens is 498 g/mol. The van der Waals surface area contributed by atoms with Gasteiger partial charge >= 0.3 is 12.0 Å². The van der Waals surface area contributed by atoms with Crippen LogP contribution in [-0.2, 0) is 16.0 Å². The maximum atomic E-state index is 13.1. The zero-order valence-electron chi connectivity index (χ0n) is 22.3. The number of urea groups is 1. The number of para-hydroxylation sites is 2. The van der Waals surface area contributed by atoms with Crippen LogP contribution < -0.4 is 14.8 Å². The van der Waals surface area contributed by atoms with Gasteiger partial charge in [0.15, 0.2) is 6.10 Å². The molecule has 0 saturated carbocycles. The second-order valence-electron chi connectivity index (χ2n) is 8.98. The normalized spacial score (nSPS) is 12.0. The van der Waals surface area contributed by atoms with Gasteiger partial charge in [-0.15, -0.1) is 0 Å². The van der Waals surface area contributed by atoms with Crippen LogP contribution in [-0.4, -0.2) is 67.4 Å². The number of amides is 2. The fraction of sp³-hybridized carbons (Fsp3) is 0.500. The summed E-state index contributed by atoms with van der Waals surface area (Å²) in [5, 5.41) is 12.1. The number of nitrogens with one attached hydrogen (secondary N) is 1. The number of aliphatic carboxylic acids is 1. The van der Waals surface area contributed by atoms with Crippen molar-refractivity contribution in [3.05, 3.63) is 54.1 Å². The van der Waals surface area contributed by atoms with Gasteiger partial charge in [-0.05, 0) is 56.5 Å². The Balaban J connectivity index is 1.95. The van der Waals surface area contributed by atoms with E-state index < -0.39 is 18.0 Å². The number of unbranched alkanes of at least 4 members (excludes halogenated alkanes) is 2. The molecule has 0 spiro atoms. The van der Waals surface area contributed by atoms with Crippen molar-refractivity contribution in [2.24, 2.45) is 0 Å². The summed E-state index contributed by atoms with van der Waals surface area (Å²) in [6.07, 6.45) is 0.672. The molecule has 0 bridgehead atoms. The number of rotatable bonds is 17. The molecule has 0 saturated heterocycles. The van der Waals surface area contributed by atoms with Gasteiger partial charge in [0.1, 0.15) is 18.1 Å². The summed E-state index contributed by atoms with van der Waals surface area (Å²) in [6, 6.07) is 13.8. The molecule has 1 atom stereocenters. The van der Waals surface area contributed by atoms with Gasteiger partial charge in [0.2, 0.25) is 5.92 Å². The molecule has 2 aromatic rings. The highest BCUT2D eigenvalue weighted by atomic mass is 19.3. The third-order valence-electron chi connectivity index (χ3n) is 5.80. The number of halogens is 2. The number of alkyl halides is 2. The predicted molar refractivity (Wildman–Crippen MR) is 141 cm³/mol. The number of nitrogens with zero attached hydrogens (tertiary/aromatic N) is 1. The maximum absolute atomic E-state index is 13.1. The number of carboxylic acids is 1. The summed E-state index contributed by atoms with van der Waals surface area (Å²) in [7, 11) is 1.52. The molecule has 0 aromatic heterocycles. The molecule has 0 fully saturated rings. The number of carboxylic acid groups (broad SMARTS) is 1. The molecule has 2 rings (SSSR count). The van der Waals surface area contributed by atoms with Crippen LogP contribution in [0, 0.1) is 0 Å². The average Bonchev–Trinajstić information content (AvgIpc) is 2.87. The molecule has 0 radical (unpaired) electrons. The number of carbonyl (C=O) groups is 2. The van der Waals surface area contributed by atoms with Crippen molar-refractivity contribution < 1.29 is 37.7 Å². The van der Waals surface area contributed by atoms with Crippen molar-refractivity contribution in [1.82, 2.24) is 4.90 Å². The van der Waals surface area contributed by atoms with Crippen LogP contribution in [0.5, 0.6) is 11.5 Å². The van der Waals surface area contributed by atoms with E-state index >= 15 is 0 Å². The summed E-state index contributed by atoms with van der Waals surface area (Å²) in [4.78, 5) is 25.9. The van der Waals surface area contributed by atoms with Crippen LogP contribution in [0.15, 0.2) is 48.5 Å². The first-order valence-electron chi connectivity index (χ1n) is 12.8. The van der Waals surface area contributed by atoms with E-state index in [0.29, 0.717) is 49.6 Å². The van der Waals surface area contributed by atoms with Crippen LogP contribution in [0.25, 0.3) is 0 Å². The van der Waals surface area contributed by atoms with Crippen molar-refractivity contribution in [3.8, 4) is 11.5 Å². The van der Waals surface area contributed by atoms with E-state index in [1.165, 1.54) is 7.11 Å². The van der Waals surface area contributed by atoms with Gasteiger partial charge in [0, 0.05) is 26.0 Å². The molecule has 38 heavy (non-hydrogen) atoms. The second-order valence-corrected chi connectivity index (χ2v) is 8.98. The van der Waals surface area contributed by atoms with Gasteiger partial charge < -0.3 is 29.5 Å². The molecule has 2 N–H and O–H groups in total. The fourth-order valence-electron chi connectivity index (χ4n) is 3.80. The first-order chi connectivity index (χ1) is 18.1. The molecule has 0 aliphatic rings. The minimum absolute atomic E-state index is 0.183. The zero-order valence-corrected chi connectivity index (χ0v) is 22.3. The smallest absolute Gasteiger partial charge is 0.333 e. The monoisotopic (exact) mass is 536 g/mol. The molecular formula is C28H38F2N2O6. The highest BCUT2D eigenvalue weighted by Gasteiger charge is 2.21. The summed E-state index contributed by atoms with van der Waals surface area (Å²) >= 11 is 0. The van der Waals surface area contributed by atoms with E-state index in [-0.39, 0.29) is 32.0 Å². The van der Waals surface area contributed by atoms with E-state index in [4.69, 9.17) is 14.2 Å². The molecule has 2 amide bonds. The van der Waals surface area contributed by atoms with Crippen LogP contribution in [0.3, 0.4) is 0 Å². The lowest BCUT2D eigenvalue weighted by molar-refractivity contribution is -0.149. The Morgan fingerprint density at radius 3 is 2.39 bits per heavy atom. The van der Waals surface area contributed by atoms with Crippen molar-refractivity contribution in [2.45, 2.75) is 58.0 Å². The van der Waals surface area contributed by atoms with Crippen LogP contribution in [0.1, 0.15) is 45.1 Å². The maximum Gasteiger partial charge on any atom is 0.333 e. The topological polar surface area (TPSA) is 97.3 Å². The first-order valence-corrected chi connectivity index (χ1v) is 12.8. The number of hydrogen-bond donors (Lipinski definition) is 2. The highest BCUT2D eigenvalue weighted by Crippen LogP contribution is 2.24. The number of methoxy groups -OCH3 is 1. The molecule has 2 aromatic carbocycles. The van der Waals surface area contributed by atoms with Gasteiger partial charge in [-0.3, -0.25) is 0 Å². The molecule has 0 heterocycles. The molecule has 210 valence electrons. The lowest BCUT2D eigenvalue weighted by Crippen LogP contribution is -2.38. The molecule has 8 nitrogen and oxygen atoms in total. The summed E-state index contributed by atoms with van der Waals surface area (Å²) < 4.78 is 42.6. The lowest BCUT2D eigenvalue weighted by atomic mass is 10.1. The van der Waals surface area contributed by atoms with E-state index in [2.05, 4.69) is 5.32 Å². The highest BCUT2D eigenvalue weighted by molar-refractivity contribution is 5.91. The number of carbonyl (C=O) groups excluding carboxylic acids is 1. The SMILES string of the molecule is CCOC(Cc1ccc(OCCN(CCCCCC(C)(F)F)C(=O)Nc2ccccc2OC)cc1)C(=O)O. The number of hydrogen-bond acceptors (Lipinski definition) is 5. The standard InChI is InChI=1S/C28H38F2N2O6/c1-4-37-25(26(33)34)20-21-12-14-22(15-13-21)38-19-18-32(17-9-5-8-16-28(2,29)30)27(35)31-23-10-6-7-11-24(23)36-3/h6-7,10-15,25H,4-5,8-9,16-20H2,1-3H3,(H,31,35)(H,33,34). The predicted octanol–water partition coefficient (Wildman–Crippen LogP) is 5.86. The van der Waals surface area contributed by atoms with Crippen molar-refractivity contribution in [1.29, 1.82) is 0 Å². The Bertz CT molecular complexity index is 998.